The van der Waals surface area contributed by atoms with Gasteiger partial charge < -0.3 is 28.6 Å². The summed E-state index contributed by atoms with van der Waals surface area (Å²) in [7, 11) is 2.94. The van der Waals surface area contributed by atoms with Gasteiger partial charge in [-0.3, -0.25) is 9.59 Å². The lowest BCUT2D eigenvalue weighted by Gasteiger charge is -2.42. The highest BCUT2D eigenvalue weighted by Crippen LogP contribution is 2.28. The zero-order chi connectivity index (χ0) is 29.6. The van der Waals surface area contributed by atoms with Crippen LogP contribution in [0.5, 0.6) is 0 Å². The number of carbonyl (C=O) groups is 3. The molecule has 0 radical (unpaired) electrons. The summed E-state index contributed by atoms with van der Waals surface area (Å²) in [6.07, 6.45) is 1.23. The van der Waals surface area contributed by atoms with Gasteiger partial charge in [0.2, 0.25) is 0 Å². The van der Waals surface area contributed by atoms with Crippen LogP contribution < -0.4 is 0 Å². The van der Waals surface area contributed by atoms with Gasteiger partial charge in [0.15, 0.2) is 11.6 Å². The lowest BCUT2D eigenvalue weighted by Crippen LogP contribution is -2.57. The number of fused-ring (bicyclic) bond motifs is 1. The first kappa shape index (κ1) is 31.3. The highest BCUT2D eigenvalue weighted by atomic mass is 19.1. The van der Waals surface area contributed by atoms with Crippen LogP contribution in [0.4, 0.5) is 9.18 Å². The Balaban J connectivity index is 2.02. The minimum Gasteiger partial charge on any atom is -0.469 e. The third-order valence-electron chi connectivity index (χ3n) is 6.78. The molecule has 1 aliphatic heterocycles. The minimum absolute atomic E-state index is 0.0775. The van der Waals surface area contributed by atoms with Crippen molar-refractivity contribution in [3.63, 3.8) is 0 Å². The third kappa shape index (κ3) is 7.71. The van der Waals surface area contributed by atoms with Crippen LogP contribution in [0.25, 0.3) is 11.0 Å². The fourth-order valence-electron chi connectivity index (χ4n) is 5.05. The minimum atomic E-state index is -0.726. The van der Waals surface area contributed by atoms with Crippen LogP contribution in [-0.4, -0.2) is 89.4 Å². The Labute approximate surface area is 235 Å². The van der Waals surface area contributed by atoms with E-state index in [9.17, 15) is 18.8 Å². The first-order chi connectivity index (χ1) is 18.9. The number of methoxy groups -OCH3 is 2. The van der Waals surface area contributed by atoms with Crippen molar-refractivity contribution in [2.24, 2.45) is 11.8 Å². The normalized spacial score (nSPS) is 17.8. The van der Waals surface area contributed by atoms with Crippen molar-refractivity contribution in [1.82, 2.24) is 19.4 Å². The zero-order valence-electron chi connectivity index (χ0n) is 24.7. The number of unbranched alkanes of at least 4 members (excludes halogenated alkanes) is 1. The summed E-state index contributed by atoms with van der Waals surface area (Å²) in [6.45, 7) is 11.0. The van der Waals surface area contributed by atoms with E-state index in [1.165, 1.54) is 18.1 Å². The Morgan fingerprint density at radius 3 is 2.50 bits per heavy atom. The number of aromatic nitrogens is 2. The predicted octanol–water partition coefficient (Wildman–Crippen LogP) is 4.50. The number of hydrogen-bond donors (Lipinski definition) is 0. The number of imidazole rings is 1. The standard InChI is InChI=1S/C29H43FN4O6/c1-19(2)16-34(21-15-20(27(36)39-7)17-32(18-21)28(37)40-29(3,4)5)26(35)25-31-24-22(30)11-10-12-23(24)33(25)13-8-9-14-38-6/h10-12,19-21H,8-9,13-18H2,1-7H3/t20-,21+/m1/s1. The van der Waals surface area contributed by atoms with Crippen LogP contribution in [0.15, 0.2) is 18.2 Å². The van der Waals surface area contributed by atoms with Gasteiger partial charge in [-0.25, -0.2) is 14.2 Å². The monoisotopic (exact) mass is 562 g/mol. The maximum atomic E-state index is 14.8. The second-order valence-corrected chi connectivity index (χ2v) is 11.7. The Hall–Kier alpha value is -3.21. The van der Waals surface area contributed by atoms with Crippen molar-refractivity contribution >= 4 is 29.0 Å². The van der Waals surface area contributed by atoms with Gasteiger partial charge in [-0.1, -0.05) is 19.9 Å². The largest absolute Gasteiger partial charge is 0.469 e. The van der Waals surface area contributed by atoms with Crippen molar-refractivity contribution in [3.05, 3.63) is 29.8 Å². The molecular formula is C29H43FN4O6. The number of aryl methyl sites for hydroxylation is 1. The number of nitrogens with zero attached hydrogens (tertiary/aromatic N) is 4. The number of esters is 1. The summed E-state index contributed by atoms with van der Waals surface area (Å²) in [5, 5.41) is 0. The highest BCUT2D eigenvalue weighted by molar-refractivity contribution is 5.95. The van der Waals surface area contributed by atoms with E-state index in [0.717, 1.165) is 6.42 Å². The molecule has 11 heteroatoms. The Morgan fingerprint density at radius 1 is 1.15 bits per heavy atom. The molecule has 0 spiro atoms. The summed E-state index contributed by atoms with van der Waals surface area (Å²) < 4.78 is 32.3. The molecule has 2 atom stereocenters. The molecule has 1 fully saturated rings. The third-order valence-corrected chi connectivity index (χ3v) is 6.78. The van der Waals surface area contributed by atoms with Crippen LogP contribution in [-0.2, 0) is 25.5 Å². The fourth-order valence-corrected chi connectivity index (χ4v) is 5.05. The Kier molecular flexibility index (Phi) is 10.5. The van der Waals surface area contributed by atoms with E-state index in [-0.39, 0.29) is 36.3 Å². The van der Waals surface area contributed by atoms with Gasteiger partial charge in [-0.2, -0.15) is 0 Å². The summed E-state index contributed by atoms with van der Waals surface area (Å²) >= 11 is 0. The van der Waals surface area contributed by atoms with E-state index in [4.69, 9.17) is 14.2 Å². The smallest absolute Gasteiger partial charge is 0.410 e. The molecule has 0 saturated carbocycles. The number of rotatable bonds is 10. The number of hydrogen-bond acceptors (Lipinski definition) is 7. The van der Waals surface area contributed by atoms with Crippen molar-refractivity contribution in [2.75, 3.05) is 40.5 Å². The summed E-state index contributed by atoms with van der Waals surface area (Å²) in [4.78, 5) is 47.6. The molecule has 40 heavy (non-hydrogen) atoms. The summed E-state index contributed by atoms with van der Waals surface area (Å²) in [6, 6.07) is 4.17. The number of carbonyl (C=O) groups excluding carboxylic acids is 3. The maximum absolute atomic E-state index is 14.8. The molecule has 222 valence electrons. The second-order valence-electron chi connectivity index (χ2n) is 11.7. The number of likely N-dealkylation sites (tertiary alicyclic amines) is 1. The van der Waals surface area contributed by atoms with Gasteiger partial charge in [-0.05, 0) is 58.1 Å². The van der Waals surface area contributed by atoms with E-state index in [1.807, 2.05) is 13.8 Å². The SMILES string of the molecule is COCCCCn1c(C(=O)N(CC(C)C)[C@H]2C[C@@H](C(=O)OC)CN(C(=O)OC(C)(C)C)C2)nc2c(F)cccc21. The maximum Gasteiger partial charge on any atom is 0.410 e. The van der Waals surface area contributed by atoms with Gasteiger partial charge in [0.1, 0.15) is 11.1 Å². The second kappa shape index (κ2) is 13.4. The molecule has 0 aliphatic carbocycles. The number of benzene rings is 1. The van der Waals surface area contributed by atoms with Gasteiger partial charge >= 0.3 is 12.1 Å². The molecule has 3 rings (SSSR count). The zero-order valence-corrected chi connectivity index (χ0v) is 24.7. The van der Waals surface area contributed by atoms with Crippen molar-refractivity contribution < 1.29 is 33.0 Å². The van der Waals surface area contributed by atoms with Gasteiger partial charge in [-0.15, -0.1) is 0 Å². The molecule has 2 aromatic rings. The molecule has 2 heterocycles. The molecule has 1 saturated heterocycles. The highest BCUT2D eigenvalue weighted by Gasteiger charge is 2.41. The van der Waals surface area contributed by atoms with E-state index in [1.54, 1.807) is 49.5 Å². The molecule has 10 nitrogen and oxygen atoms in total. The Bertz CT molecular complexity index is 1190. The average molecular weight is 563 g/mol. The van der Waals surface area contributed by atoms with Crippen molar-refractivity contribution in [1.29, 1.82) is 0 Å². The average Bonchev–Trinajstić information content (AvgIpc) is 3.27. The lowest BCUT2D eigenvalue weighted by atomic mass is 9.92. The first-order valence-electron chi connectivity index (χ1n) is 13.9. The number of para-hydroxylation sites is 1. The molecular weight excluding hydrogens is 519 g/mol. The van der Waals surface area contributed by atoms with Crippen LogP contribution in [0.3, 0.4) is 0 Å². The number of piperidine rings is 1. The van der Waals surface area contributed by atoms with Gasteiger partial charge in [0.05, 0.1) is 24.6 Å². The fraction of sp³-hybridized carbons (Fsp3) is 0.655. The number of ether oxygens (including phenoxy) is 3. The van der Waals surface area contributed by atoms with Crippen molar-refractivity contribution in [2.45, 2.75) is 72.1 Å². The predicted molar refractivity (Wildman–Crippen MR) is 148 cm³/mol. The van der Waals surface area contributed by atoms with E-state index < -0.39 is 35.4 Å². The van der Waals surface area contributed by atoms with E-state index >= 15 is 0 Å². The lowest BCUT2D eigenvalue weighted by molar-refractivity contribution is -0.148. The number of amides is 2. The Morgan fingerprint density at radius 2 is 1.88 bits per heavy atom. The molecule has 0 N–H and O–H groups in total. The summed E-state index contributed by atoms with van der Waals surface area (Å²) in [5.41, 5.74) is -0.0547. The molecule has 1 aromatic heterocycles. The molecule has 1 aliphatic rings. The van der Waals surface area contributed by atoms with Crippen molar-refractivity contribution in [3.8, 4) is 0 Å². The first-order valence-corrected chi connectivity index (χ1v) is 13.9. The van der Waals surface area contributed by atoms with Crippen LogP contribution in [0.1, 0.15) is 64.5 Å². The number of halogens is 1. The van der Waals surface area contributed by atoms with E-state index in [2.05, 4.69) is 4.98 Å². The molecule has 0 bridgehead atoms. The van der Waals surface area contributed by atoms with Gasteiger partial charge in [0, 0.05) is 39.9 Å². The molecule has 1 aromatic carbocycles. The summed E-state index contributed by atoms with van der Waals surface area (Å²) in [5.74, 6) is -1.77. The quantitative estimate of drug-likeness (QED) is 0.310. The van der Waals surface area contributed by atoms with Crippen LogP contribution >= 0.6 is 0 Å². The molecule has 2 amide bonds. The molecule has 0 unspecified atom stereocenters. The van der Waals surface area contributed by atoms with E-state index in [0.29, 0.717) is 38.1 Å². The van der Waals surface area contributed by atoms with Gasteiger partial charge in [0.25, 0.3) is 5.91 Å². The topological polar surface area (TPSA) is 103 Å². The van der Waals surface area contributed by atoms with Crippen LogP contribution in [0, 0.1) is 17.7 Å². The van der Waals surface area contributed by atoms with Crippen LogP contribution in [0.2, 0.25) is 0 Å².